The molecule has 0 radical (unpaired) electrons. The molecule has 7 heteroatoms. The summed E-state index contributed by atoms with van der Waals surface area (Å²) in [7, 11) is 4.30. The van der Waals surface area contributed by atoms with Crippen molar-refractivity contribution in [3.8, 4) is 0 Å². The van der Waals surface area contributed by atoms with Crippen LogP contribution in [0.2, 0.25) is 0 Å². The Labute approximate surface area is 212 Å². The first kappa shape index (κ1) is 27.3. The number of nitrogens with zero attached hydrogens (tertiary/aromatic N) is 3. The number of guanidine groups is 1. The van der Waals surface area contributed by atoms with Gasteiger partial charge in [-0.2, -0.15) is 0 Å². The second kappa shape index (κ2) is 15.1. The maximum atomic E-state index is 6.19. The van der Waals surface area contributed by atoms with E-state index in [9.17, 15) is 0 Å². The number of likely N-dealkylation sites (tertiary alicyclic amines) is 1. The Morgan fingerprint density at radius 1 is 1.19 bits per heavy atom. The van der Waals surface area contributed by atoms with Gasteiger partial charge in [0, 0.05) is 32.3 Å². The van der Waals surface area contributed by atoms with E-state index in [0.717, 1.165) is 71.0 Å². The molecule has 2 unspecified atom stereocenters. The first-order chi connectivity index (χ1) is 15.2. The van der Waals surface area contributed by atoms with E-state index in [0.29, 0.717) is 18.2 Å². The largest absolute Gasteiger partial charge is 0.376 e. The highest BCUT2D eigenvalue weighted by atomic mass is 127. The molecule has 0 aromatic heterocycles. The van der Waals surface area contributed by atoms with Gasteiger partial charge in [-0.05, 0) is 65.1 Å². The van der Waals surface area contributed by atoms with Gasteiger partial charge in [0.15, 0.2) is 5.96 Å². The summed E-state index contributed by atoms with van der Waals surface area (Å²) >= 11 is 0. The minimum atomic E-state index is 0. The number of piperidine rings is 1. The number of ether oxygens (including phenoxy) is 2. The number of hydrogen-bond acceptors (Lipinski definition) is 4. The highest BCUT2D eigenvalue weighted by Crippen LogP contribution is 2.18. The number of hydrogen-bond donors (Lipinski definition) is 1. The molecular formula is C25H43IN4O2. The van der Waals surface area contributed by atoms with E-state index in [4.69, 9.17) is 14.5 Å². The number of likely N-dealkylation sites (N-methyl/N-ethyl adjacent to an activating group) is 1. The number of nitrogens with one attached hydrogen (secondary N) is 1. The van der Waals surface area contributed by atoms with Gasteiger partial charge in [-0.25, -0.2) is 0 Å². The monoisotopic (exact) mass is 558 g/mol. The lowest BCUT2D eigenvalue weighted by atomic mass is 10.1. The molecule has 2 aliphatic heterocycles. The van der Waals surface area contributed by atoms with Crippen LogP contribution in [0.15, 0.2) is 35.3 Å². The van der Waals surface area contributed by atoms with E-state index in [1.807, 2.05) is 0 Å². The van der Waals surface area contributed by atoms with Crippen molar-refractivity contribution >= 4 is 29.9 Å². The first-order valence-corrected chi connectivity index (χ1v) is 12.1. The van der Waals surface area contributed by atoms with Crippen LogP contribution in [0, 0.1) is 0 Å². The molecule has 1 aromatic carbocycles. The van der Waals surface area contributed by atoms with Gasteiger partial charge in [0.1, 0.15) is 0 Å². The lowest BCUT2D eigenvalue weighted by Gasteiger charge is -2.35. The average molecular weight is 559 g/mol. The Balaban J connectivity index is 0.00000363. The summed E-state index contributed by atoms with van der Waals surface area (Å²) < 4.78 is 12.0. The number of rotatable bonds is 9. The highest BCUT2D eigenvalue weighted by Gasteiger charge is 2.24. The van der Waals surface area contributed by atoms with E-state index in [-0.39, 0.29) is 24.0 Å². The summed E-state index contributed by atoms with van der Waals surface area (Å²) in [5.41, 5.74) is 1.36. The van der Waals surface area contributed by atoms with Crippen LogP contribution >= 0.6 is 24.0 Å². The fourth-order valence-electron chi connectivity index (χ4n) is 4.33. The fourth-order valence-corrected chi connectivity index (χ4v) is 4.33. The maximum absolute atomic E-state index is 6.19. The molecule has 0 spiro atoms. The average Bonchev–Trinajstić information content (AvgIpc) is 2.81. The first-order valence-electron chi connectivity index (χ1n) is 12.1. The summed E-state index contributed by atoms with van der Waals surface area (Å²) in [6, 6.07) is 11.1. The molecule has 2 heterocycles. The molecular weight excluding hydrogens is 515 g/mol. The third-order valence-electron chi connectivity index (χ3n) is 6.36. The summed E-state index contributed by atoms with van der Waals surface area (Å²) in [5, 5.41) is 3.51. The molecule has 0 saturated carbocycles. The van der Waals surface area contributed by atoms with Crippen molar-refractivity contribution in [3.05, 3.63) is 35.9 Å². The second-order valence-electron chi connectivity index (χ2n) is 9.01. The van der Waals surface area contributed by atoms with E-state index in [1.165, 1.54) is 18.4 Å². The Kier molecular flexibility index (Phi) is 12.9. The number of halogens is 1. The van der Waals surface area contributed by atoms with Crippen molar-refractivity contribution in [2.75, 3.05) is 53.5 Å². The van der Waals surface area contributed by atoms with Crippen LogP contribution in [0.3, 0.4) is 0 Å². The SMILES string of the molecule is CCNC(=NCC(Cc1ccccc1)N(C)C)N1CCC(OCC2CCCCO2)CC1.I. The fraction of sp³-hybridized carbons (Fsp3) is 0.720. The molecule has 0 aliphatic carbocycles. The van der Waals surface area contributed by atoms with Gasteiger partial charge in [-0.15, -0.1) is 24.0 Å². The van der Waals surface area contributed by atoms with Crippen molar-refractivity contribution < 1.29 is 9.47 Å². The molecule has 182 valence electrons. The Bertz CT molecular complexity index is 645. The van der Waals surface area contributed by atoms with Crippen molar-refractivity contribution in [2.24, 2.45) is 4.99 Å². The van der Waals surface area contributed by atoms with Gasteiger partial charge >= 0.3 is 0 Å². The Morgan fingerprint density at radius 2 is 1.94 bits per heavy atom. The van der Waals surface area contributed by atoms with E-state index in [1.54, 1.807) is 0 Å². The zero-order valence-corrected chi connectivity index (χ0v) is 22.5. The molecule has 6 nitrogen and oxygen atoms in total. The van der Waals surface area contributed by atoms with Gasteiger partial charge < -0.3 is 24.6 Å². The maximum Gasteiger partial charge on any atom is 0.193 e. The molecule has 0 amide bonds. The lowest BCUT2D eigenvalue weighted by molar-refractivity contribution is -0.0721. The molecule has 2 saturated heterocycles. The molecule has 3 rings (SSSR count). The van der Waals surface area contributed by atoms with E-state index in [2.05, 4.69) is 66.5 Å². The predicted molar refractivity (Wildman–Crippen MR) is 143 cm³/mol. The van der Waals surface area contributed by atoms with Crippen LogP contribution in [0.1, 0.15) is 44.6 Å². The summed E-state index contributed by atoms with van der Waals surface area (Å²) in [6.45, 7) is 7.46. The predicted octanol–water partition coefficient (Wildman–Crippen LogP) is 3.79. The quantitative estimate of drug-likeness (QED) is 0.284. The highest BCUT2D eigenvalue weighted by molar-refractivity contribution is 14.0. The van der Waals surface area contributed by atoms with Crippen LogP contribution in [-0.4, -0.2) is 87.5 Å². The Hall–Kier alpha value is -0.900. The molecule has 2 fully saturated rings. The molecule has 2 aliphatic rings. The summed E-state index contributed by atoms with van der Waals surface area (Å²) in [6.07, 6.45) is 7.38. The van der Waals surface area contributed by atoms with Crippen molar-refractivity contribution in [1.29, 1.82) is 0 Å². The van der Waals surface area contributed by atoms with Crippen LogP contribution in [0.4, 0.5) is 0 Å². The third-order valence-corrected chi connectivity index (χ3v) is 6.36. The van der Waals surface area contributed by atoms with Crippen LogP contribution < -0.4 is 5.32 Å². The molecule has 2 atom stereocenters. The zero-order valence-electron chi connectivity index (χ0n) is 20.2. The second-order valence-corrected chi connectivity index (χ2v) is 9.01. The molecule has 1 aromatic rings. The van der Waals surface area contributed by atoms with Gasteiger partial charge in [-0.1, -0.05) is 30.3 Å². The minimum absolute atomic E-state index is 0. The van der Waals surface area contributed by atoms with Gasteiger partial charge in [0.2, 0.25) is 0 Å². The molecule has 1 N–H and O–H groups in total. The van der Waals surface area contributed by atoms with Gasteiger partial charge in [0.05, 0.1) is 25.4 Å². The summed E-state index contributed by atoms with van der Waals surface area (Å²) in [5.74, 6) is 1.04. The van der Waals surface area contributed by atoms with Crippen molar-refractivity contribution in [1.82, 2.24) is 15.1 Å². The normalized spacial score (nSPS) is 21.3. The Morgan fingerprint density at radius 3 is 2.56 bits per heavy atom. The third kappa shape index (κ3) is 9.15. The van der Waals surface area contributed by atoms with Gasteiger partial charge in [0.25, 0.3) is 0 Å². The van der Waals surface area contributed by atoms with Crippen LogP contribution in [-0.2, 0) is 15.9 Å². The van der Waals surface area contributed by atoms with Crippen molar-refractivity contribution in [3.63, 3.8) is 0 Å². The minimum Gasteiger partial charge on any atom is -0.376 e. The van der Waals surface area contributed by atoms with Gasteiger partial charge in [-0.3, -0.25) is 4.99 Å². The smallest absolute Gasteiger partial charge is 0.193 e. The number of benzene rings is 1. The zero-order chi connectivity index (χ0) is 21.9. The van der Waals surface area contributed by atoms with E-state index >= 15 is 0 Å². The lowest BCUT2D eigenvalue weighted by Crippen LogP contribution is -2.48. The summed E-state index contributed by atoms with van der Waals surface area (Å²) in [4.78, 5) is 9.71. The van der Waals surface area contributed by atoms with Crippen molar-refractivity contribution in [2.45, 2.75) is 63.7 Å². The topological polar surface area (TPSA) is 49.3 Å². The number of aliphatic imine (C=N–C) groups is 1. The van der Waals surface area contributed by atoms with Crippen LogP contribution in [0.25, 0.3) is 0 Å². The van der Waals surface area contributed by atoms with E-state index < -0.39 is 0 Å². The standard InChI is InChI=1S/C25H42N4O2.HI/c1-4-26-25(27-19-22(28(2)3)18-21-10-6-5-7-11-21)29-15-13-23(14-16-29)31-20-24-12-8-9-17-30-24;/h5-7,10-11,22-24H,4,8-9,12-20H2,1-3H3,(H,26,27);1H. The van der Waals surface area contributed by atoms with Crippen LogP contribution in [0.5, 0.6) is 0 Å². The molecule has 0 bridgehead atoms. The molecule has 32 heavy (non-hydrogen) atoms.